The van der Waals surface area contributed by atoms with Gasteiger partial charge in [0.2, 0.25) is 0 Å². The molecule has 5 heteroatoms. The van der Waals surface area contributed by atoms with Gasteiger partial charge in [0.15, 0.2) is 0 Å². The highest BCUT2D eigenvalue weighted by atomic mass is 16.5. The van der Waals surface area contributed by atoms with Crippen LogP contribution in [0.4, 0.5) is 0 Å². The number of hydrogen-bond acceptors (Lipinski definition) is 4. The van der Waals surface area contributed by atoms with Crippen LogP contribution in [0.15, 0.2) is 36.8 Å². The van der Waals surface area contributed by atoms with Crippen molar-refractivity contribution >= 4 is 5.97 Å². The molecule has 92 valence electrons. The van der Waals surface area contributed by atoms with E-state index in [0.29, 0.717) is 12.4 Å². The summed E-state index contributed by atoms with van der Waals surface area (Å²) in [4.78, 5) is 18.6. The van der Waals surface area contributed by atoms with E-state index in [2.05, 4.69) is 9.97 Å². The van der Waals surface area contributed by atoms with Crippen molar-refractivity contribution in [1.82, 2.24) is 9.97 Å². The minimum absolute atomic E-state index is 0.0210. The van der Waals surface area contributed by atoms with Crippen molar-refractivity contribution in [2.45, 2.75) is 6.92 Å². The zero-order valence-electron chi connectivity index (χ0n) is 9.83. The Morgan fingerprint density at radius 2 is 2.11 bits per heavy atom. The van der Waals surface area contributed by atoms with Crippen molar-refractivity contribution in [2.24, 2.45) is 0 Å². The SMILES string of the molecule is CCOc1cncc(-c2ccc(C(=O)O)nc2)c1. The maximum atomic E-state index is 10.7. The largest absolute Gasteiger partial charge is 0.492 e. The normalized spacial score (nSPS) is 10.1. The molecule has 0 aromatic carbocycles. The first kappa shape index (κ1) is 12.0. The molecule has 2 rings (SSSR count). The van der Waals surface area contributed by atoms with E-state index in [1.807, 2.05) is 13.0 Å². The summed E-state index contributed by atoms with van der Waals surface area (Å²) in [6, 6.07) is 5.00. The van der Waals surface area contributed by atoms with E-state index in [1.165, 1.54) is 12.3 Å². The van der Waals surface area contributed by atoms with Crippen molar-refractivity contribution in [3.8, 4) is 16.9 Å². The van der Waals surface area contributed by atoms with Gasteiger partial charge < -0.3 is 9.84 Å². The van der Waals surface area contributed by atoms with E-state index in [-0.39, 0.29) is 5.69 Å². The molecule has 0 bridgehead atoms. The van der Waals surface area contributed by atoms with Crippen LogP contribution in [0.1, 0.15) is 17.4 Å². The molecule has 2 heterocycles. The van der Waals surface area contributed by atoms with E-state index in [0.717, 1.165) is 11.1 Å². The van der Waals surface area contributed by atoms with Crippen LogP contribution < -0.4 is 4.74 Å². The molecular weight excluding hydrogens is 232 g/mol. The van der Waals surface area contributed by atoms with Gasteiger partial charge >= 0.3 is 5.97 Å². The Hall–Kier alpha value is -2.43. The van der Waals surface area contributed by atoms with Crippen LogP contribution in [0.25, 0.3) is 11.1 Å². The van der Waals surface area contributed by atoms with Crippen molar-refractivity contribution in [3.05, 3.63) is 42.5 Å². The predicted molar refractivity (Wildman–Crippen MR) is 65.6 cm³/mol. The third-order valence-electron chi connectivity index (χ3n) is 2.34. The molecule has 18 heavy (non-hydrogen) atoms. The Bertz CT molecular complexity index is 552. The Morgan fingerprint density at radius 3 is 2.72 bits per heavy atom. The molecule has 5 nitrogen and oxygen atoms in total. The highest BCUT2D eigenvalue weighted by Crippen LogP contribution is 2.22. The number of carbonyl (C=O) groups is 1. The van der Waals surface area contributed by atoms with Crippen LogP contribution in [-0.4, -0.2) is 27.7 Å². The summed E-state index contributed by atoms with van der Waals surface area (Å²) >= 11 is 0. The summed E-state index contributed by atoms with van der Waals surface area (Å²) < 4.78 is 5.35. The maximum absolute atomic E-state index is 10.7. The van der Waals surface area contributed by atoms with Crippen LogP contribution in [0.2, 0.25) is 0 Å². The standard InChI is InChI=1S/C13H12N2O3/c1-2-18-11-5-10(6-14-8-11)9-3-4-12(13(16)17)15-7-9/h3-8H,2H2,1H3,(H,16,17). The summed E-state index contributed by atoms with van der Waals surface area (Å²) in [5.74, 6) is -0.361. The third-order valence-corrected chi connectivity index (χ3v) is 2.34. The number of carboxylic acid groups (broad SMARTS) is 1. The average molecular weight is 244 g/mol. The quantitative estimate of drug-likeness (QED) is 0.892. The second-order valence-electron chi connectivity index (χ2n) is 3.58. The number of aromatic carboxylic acids is 1. The Labute approximate surface area is 104 Å². The van der Waals surface area contributed by atoms with Gasteiger partial charge in [-0.2, -0.15) is 0 Å². The first-order valence-corrected chi connectivity index (χ1v) is 5.48. The summed E-state index contributed by atoms with van der Waals surface area (Å²) in [7, 11) is 0. The lowest BCUT2D eigenvalue weighted by Crippen LogP contribution is -1.99. The van der Waals surface area contributed by atoms with Gasteiger partial charge in [-0.3, -0.25) is 4.98 Å². The number of hydrogen-bond donors (Lipinski definition) is 1. The first-order valence-electron chi connectivity index (χ1n) is 5.48. The predicted octanol–water partition coefficient (Wildman–Crippen LogP) is 2.24. The van der Waals surface area contributed by atoms with Gasteiger partial charge in [0.1, 0.15) is 11.4 Å². The molecule has 0 spiro atoms. The maximum Gasteiger partial charge on any atom is 0.354 e. The van der Waals surface area contributed by atoms with E-state index >= 15 is 0 Å². The lowest BCUT2D eigenvalue weighted by atomic mass is 10.1. The number of pyridine rings is 2. The molecular formula is C13H12N2O3. The number of rotatable bonds is 4. The van der Waals surface area contributed by atoms with Gasteiger partial charge in [-0.25, -0.2) is 9.78 Å². The lowest BCUT2D eigenvalue weighted by molar-refractivity contribution is 0.0690. The van der Waals surface area contributed by atoms with Crippen molar-refractivity contribution in [3.63, 3.8) is 0 Å². The number of carboxylic acids is 1. The highest BCUT2D eigenvalue weighted by Gasteiger charge is 2.05. The van der Waals surface area contributed by atoms with E-state index < -0.39 is 5.97 Å². The summed E-state index contributed by atoms with van der Waals surface area (Å²) in [5, 5.41) is 8.77. The van der Waals surface area contributed by atoms with Crippen molar-refractivity contribution < 1.29 is 14.6 Å². The zero-order chi connectivity index (χ0) is 13.0. The Kier molecular flexibility index (Phi) is 3.52. The molecule has 0 aliphatic rings. The fourth-order valence-electron chi connectivity index (χ4n) is 1.51. The second kappa shape index (κ2) is 5.27. The van der Waals surface area contributed by atoms with Crippen LogP contribution in [0, 0.1) is 0 Å². The van der Waals surface area contributed by atoms with Gasteiger partial charge in [-0.05, 0) is 19.1 Å². The Balaban J connectivity index is 2.30. The van der Waals surface area contributed by atoms with E-state index in [1.54, 1.807) is 18.5 Å². The van der Waals surface area contributed by atoms with Gasteiger partial charge in [-0.1, -0.05) is 6.07 Å². The molecule has 0 aliphatic carbocycles. The van der Waals surface area contributed by atoms with Crippen LogP contribution in [-0.2, 0) is 0 Å². The van der Waals surface area contributed by atoms with Gasteiger partial charge in [0.05, 0.1) is 12.8 Å². The molecule has 0 fully saturated rings. The minimum atomic E-state index is -1.04. The minimum Gasteiger partial charge on any atom is -0.492 e. The van der Waals surface area contributed by atoms with Crippen LogP contribution >= 0.6 is 0 Å². The number of ether oxygens (including phenoxy) is 1. The molecule has 1 N–H and O–H groups in total. The van der Waals surface area contributed by atoms with Crippen LogP contribution in [0.5, 0.6) is 5.75 Å². The highest BCUT2D eigenvalue weighted by molar-refractivity contribution is 5.85. The topological polar surface area (TPSA) is 72.3 Å². The zero-order valence-corrected chi connectivity index (χ0v) is 9.83. The fraction of sp³-hybridized carbons (Fsp3) is 0.154. The van der Waals surface area contributed by atoms with E-state index in [9.17, 15) is 4.79 Å². The monoisotopic (exact) mass is 244 g/mol. The first-order chi connectivity index (χ1) is 8.70. The molecule has 0 saturated carbocycles. The molecule has 2 aromatic heterocycles. The second-order valence-corrected chi connectivity index (χ2v) is 3.58. The molecule has 0 saturated heterocycles. The number of aromatic nitrogens is 2. The molecule has 0 unspecified atom stereocenters. The summed E-state index contributed by atoms with van der Waals surface area (Å²) in [5.41, 5.74) is 1.66. The van der Waals surface area contributed by atoms with Crippen LogP contribution in [0.3, 0.4) is 0 Å². The van der Waals surface area contributed by atoms with E-state index in [4.69, 9.17) is 9.84 Å². The molecule has 0 aliphatic heterocycles. The smallest absolute Gasteiger partial charge is 0.354 e. The van der Waals surface area contributed by atoms with Gasteiger partial charge in [0, 0.05) is 23.5 Å². The molecule has 0 radical (unpaired) electrons. The number of nitrogens with zero attached hydrogens (tertiary/aromatic N) is 2. The molecule has 2 aromatic rings. The summed E-state index contributed by atoms with van der Waals surface area (Å²) in [6.07, 6.45) is 4.82. The fourth-order valence-corrected chi connectivity index (χ4v) is 1.51. The molecule has 0 amide bonds. The van der Waals surface area contributed by atoms with Crippen molar-refractivity contribution in [1.29, 1.82) is 0 Å². The van der Waals surface area contributed by atoms with Crippen molar-refractivity contribution in [2.75, 3.05) is 6.61 Å². The van der Waals surface area contributed by atoms with Gasteiger partial charge in [0.25, 0.3) is 0 Å². The third kappa shape index (κ3) is 2.63. The lowest BCUT2D eigenvalue weighted by Gasteiger charge is -2.05. The molecule has 0 atom stereocenters. The summed E-state index contributed by atoms with van der Waals surface area (Å²) in [6.45, 7) is 2.47. The Morgan fingerprint density at radius 1 is 1.28 bits per heavy atom. The average Bonchev–Trinajstić information content (AvgIpc) is 2.39. The van der Waals surface area contributed by atoms with Gasteiger partial charge in [-0.15, -0.1) is 0 Å².